The van der Waals surface area contributed by atoms with Crippen LogP contribution >= 0.6 is 0 Å². The van der Waals surface area contributed by atoms with Gasteiger partial charge < -0.3 is 30.7 Å². The van der Waals surface area contributed by atoms with Gasteiger partial charge in [-0.3, -0.25) is 0 Å². The number of hydrogen-bond donors (Lipinski definition) is 4. The van der Waals surface area contributed by atoms with Crippen molar-refractivity contribution in [1.29, 1.82) is 10.5 Å². The molecule has 16 nitrogen and oxygen atoms in total. The number of nitrogens with zero attached hydrogens (tertiary/aromatic N) is 6. The zero-order valence-corrected chi connectivity index (χ0v) is 39.9. The van der Waals surface area contributed by atoms with Crippen molar-refractivity contribution in [2.24, 2.45) is 15.7 Å². The van der Waals surface area contributed by atoms with Crippen molar-refractivity contribution in [2.45, 2.75) is 145 Å². The van der Waals surface area contributed by atoms with Crippen LogP contribution in [0.1, 0.15) is 115 Å². The van der Waals surface area contributed by atoms with Gasteiger partial charge in [0.25, 0.3) is 10.2 Å². The minimum atomic E-state index is -1.50. The molecule has 5 N–H and O–H groups in total. The van der Waals surface area contributed by atoms with Gasteiger partial charge in [-0.1, -0.05) is 52.2 Å². The molecule has 0 saturated carbocycles. The number of aliphatic imine (C=N–C) groups is 2. The molecule has 2 aliphatic heterocycles. The fourth-order valence-corrected chi connectivity index (χ4v) is 6.65. The second-order valence-electron chi connectivity index (χ2n) is 14.0. The van der Waals surface area contributed by atoms with E-state index in [2.05, 4.69) is 65.8 Å². The molecule has 2 aromatic rings. The molecule has 0 fully saturated rings. The van der Waals surface area contributed by atoms with Gasteiger partial charge in [-0.15, -0.1) is 20.2 Å². The predicted molar refractivity (Wildman–Crippen MR) is 219 cm³/mol. The third-order valence-electron chi connectivity index (χ3n) is 9.42. The number of hydrogen-bond acceptors (Lipinski definition) is 12. The fourth-order valence-electron chi connectivity index (χ4n) is 6.65. The maximum absolute atomic E-state index is 8.74. The molecule has 0 radical (unpaired) electrons. The summed E-state index contributed by atoms with van der Waals surface area (Å²) >= 11 is 0. The first-order valence-corrected chi connectivity index (χ1v) is 19.2. The summed E-state index contributed by atoms with van der Waals surface area (Å²) < 4.78 is 11.8. The molecule has 0 bridgehead atoms. The van der Waals surface area contributed by atoms with Crippen LogP contribution in [0.15, 0.2) is 22.1 Å². The number of nitriles is 2. The minimum Gasteiger partial charge on any atom is -0.478 e. The summed E-state index contributed by atoms with van der Waals surface area (Å²) in [6.07, 6.45) is 8.93. The molecule has 0 saturated heterocycles. The molecule has 58 heavy (non-hydrogen) atoms. The van der Waals surface area contributed by atoms with E-state index in [1.165, 1.54) is 27.8 Å². The van der Waals surface area contributed by atoms with E-state index in [-0.39, 0.29) is 39.9 Å². The molecule has 3 atom stereocenters. The van der Waals surface area contributed by atoms with Crippen LogP contribution in [0.5, 0.6) is 0 Å². The van der Waals surface area contributed by atoms with Gasteiger partial charge >= 0.3 is 0 Å². The summed E-state index contributed by atoms with van der Waals surface area (Å²) in [6.45, 7) is 20.7. The average molecular weight is 910 g/mol. The Morgan fingerprint density at radius 3 is 1.34 bits per heavy atom. The van der Waals surface area contributed by atoms with E-state index in [4.69, 9.17) is 71.5 Å². The van der Waals surface area contributed by atoms with Crippen molar-refractivity contribution in [3.8, 4) is 12.1 Å². The Kier molecular flexibility index (Phi) is 29.4. The van der Waals surface area contributed by atoms with Crippen LogP contribution in [-0.4, -0.2) is 75.4 Å². The van der Waals surface area contributed by atoms with Crippen molar-refractivity contribution in [3.05, 3.63) is 88.0 Å². The Balaban J connectivity index is 0. The smallest absolute Gasteiger partial charge is 0.291 e. The van der Waals surface area contributed by atoms with Gasteiger partial charge in [0.05, 0.1) is 43.7 Å². The third-order valence-corrected chi connectivity index (χ3v) is 9.42. The van der Waals surface area contributed by atoms with Crippen molar-refractivity contribution in [1.82, 2.24) is 0 Å². The SMILES string of the molecule is CCCC(N)CO.CCCC1COC(Cc2c(C)cc(C)c(CC3=NC(CCC)CO3)c2C)=N1.Cc1cc(C)c(CC#N)c(C)c1CC#N.O=[N+]([O-])O.O=[N+]([O-])O.[Cd]. The number of aliphatic hydroxyl groups excluding tert-OH is 1. The molecule has 4 rings (SSSR count). The van der Waals surface area contributed by atoms with Gasteiger partial charge in [-0.05, 0) is 116 Å². The Morgan fingerprint density at radius 2 is 1.07 bits per heavy atom. The average Bonchev–Trinajstić information content (AvgIpc) is 3.78. The van der Waals surface area contributed by atoms with Crippen molar-refractivity contribution in [2.75, 3.05) is 19.8 Å². The van der Waals surface area contributed by atoms with Crippen LogP contribution in [0, 0.1) is 84.4 Å². The quantitative estimate of drug-likeness (QED) is 0.0896. The van der Waals surface area contributed by atoms with E-state index in [0.29, 0.717) is 24.9 Å². The topological polar surface area (TPSA) is 264 Å². The molecule has 2 heterocycles. The van der Waals surface area contributed by atoms with Crippen molar-refractivity contribution >= 4 is 11.8 Å². The fraction of sp³-hybridized carbons (Fsp3) is 0.610. The van der Waals surface area contributed by atoms with Crippen LogP contribution < -0.4 is 5.73 Å². The maximum atomic E-state index is 8.74. The standard InChI is InChI=1S/C23H34N2O2.C13H14N2.C5H13NO.Cd.2HNO3/c1-6-8-18-13-26-22(24-18)11-20-15(3)10-16(4)21(17(20)5)12-23-25-19(9-7-2)14-27-23;1-9-8-10(2)13(5-7-15)11(3)12(9)4-6-14;1-2-3-5(6)4-7;;2*2-1(3)4/h10,18-19H,6-9,11-14H2,1-5H3;8H,4-5H2,1-3H3;5,7H,2-4,6H2,1H3;;2*(H,2,3,4). The summed E-state index contributed by atoms with van der Waals surface area (Å²) in [5.74, 6) is 1.79. The Bertz CT molecular complexity index is 1620. The van der Waals surface area contributed by atoms with E-state index in [1.54, 1.807) is 0 Å². The molecule has 0 aliphatic carbocycles. The van der Waals surface area contributed by atoms with Gasteiger partial charge in [0.15, 0.2) is 11.8 Å². The minimum absolute atomic E-state index is 0. The Labute approximate surface area is 363 Å². The van der Waals surface area contributed by atoms with E-state index in [1.807, 2.05) is 20.8 Å². The Morgan fingerprint density at radius 1 is 0.741 bits per heavy atom. The summed E-state index contributed by atoms with van der Waals surface area (Å²) in [5.41, 5.74) is 17.5. The van der Waals surface area contributed by atoms with Gasteiger partial charge in [-0.25, -0.2) is 9.98 Å². The summed E-state index contributed by atoms with van der Waals surface area (Å²) in [7, 11) is 0. The largest absolute Gasteiger partial charge is 0.478 e. The molecule has 0 aromatic heterocycles. The zero-order valence-electron chi connectivity index (χ0n) is 35.8. The molecular formula is C41H63CdN7O9. The molecule has 0 spiro atoms. The third kappa shape index (κ3) is 21.4. The molecule has 2 aliphatic rings. The van der Waals surface area contributed by atoms with Crippen molar-refractivity contribution < 1.29 is 62.5 Å². The van der Waals surface area contributed by atoms with Crippen LogP contribution in [0.2, 0.25) is 0 Å². The number of ether oxygens (including phenoxy) is 2. The number of benzene rings is 2. The van der Waals surface area contributed by atoms with Gasteiger partial charge in [0.2, 0.25) is 0 Å². The van der Waals surface area contributed by atoms with Crippen molar-refractivity contribution in [3.63, 3.8) is 0 Å². The summed E-state index contributed by atoms with van der Waals surface area (Å²) in [5, 5.41) is 53.1. The molecular weight excluding hydrogens is 847 g/mol. The predicted octanol–water partition coefficient (Wildman–Crippen LogP) is 7.04. The zero-order chi connectivity index (χ0) is 43.7. The van der Waals surface area contributed by atoms with E-state index >= 15 is 0 Å². The molecule has 0 amide bonds. The number of aryl methyl sites for hydroxylation is 4. The maximum Gasteiger partial charge on any atom is 0.291 e. The first-order chi connectivity index (χ1) is 26.9. The van der Waals surface area contributed by atoms with Crippen LogP contribution in [0.4, 0.5) is 0 Å². The second kappa shape index (κ2) is 30.6. The van der Waals surface area contributed by atoms with E-state index < -0.39 is 10.2 Å². The molecule has 2 aromatic carbocycles. The van der Waals surface area contributed by atoms with E-state index in [9.17, 15) is 0 Å². The summed E-state index contributed by atoms with van der Waals surface area (Å²) in [4.78, 5) is 26.3. The monoisotopic (exact) mass is 911 g/mol. The second-order valence-corrected chi connectivity index (χ2v) is 14.0. The van der Waals surface area contributed by atoms with Gasteiger partial charge in [0.1, 0.15) is 13.2 Å². The van der Waals surface area contributed by atoms with Gasteiger partial charge in [-0.2, -0.15) is 10.5 Å². The normalized spacial score (nSPS) is 15.1. The van der Waals surface area contributed by atoms with Crippen LogP contribution in [-0.2, 0) is 62.5 Å². The molecule has 17 heteroatoms. The van der Waals surface area contributed by atoms with Crippen LogP contribution in [0.3, 0.4) is 0 Å². The first kappa shape index (κ1) is 55.7. The molecule has 3 unspecified atom stereocenters. The number of aliphatic hydroxyl groups is 1. The van der Waals surface area contributed by atoms with E-state index in [0.717, 1.165) is 104 Å². The summed E-state index contributed by atoms with van der Waals surface area (Å²) in [6, 6.07) is 9.38. The number of rotatable bonds is 13. The molecule has 318 valence electrons. The Hall–Kier alpha value is -4.40. The van der Waals surface area contributed by atoms with Gasteiger partial charge in [0, 0.05) is 46.2 Å². The van der Waals surface area contributed by atoms with Crippen LogP contribution in [0.25, 0.3) is 0 Å². The number of nitrogens with two attached hydrogens (primary N) is 1. The first-order valence-electron chi connectivity index (χ1n) is 19.2.